The van der Waals surface area contributed by atoms with Crippen molar-refractivity contribution in [2.75, 3.05) is 7.11 Å². The number of benzene rings is 3. The van der Waals surface area contributed by atoms with Crippen LogP contribution in [0.25, 0.3) is 21.8 Å². The lowest BCUT2D eigenvalue weighted by molar-refractivity contribution is 0.100. The Bertz CT molecular complexity index is 1220. The Morgan fingerprint density at radius 2 is 2.07 bits per heavy atom. The largest absolute Gasteiger partial charge is 0.380 e. The molecular formula is C22H17BrFN2O2. The lowest BCUT2D eigenvalue weighted by atomic mass is 10.0. The van der Waals surface area contributed by atoms with Crippen LogP contribution in [0.3, 0.4) is 0 Å². The molecular weight excluding hydrogens is 423 g/mol. The standard InChI is InChI=1S/C22H17BrFN2O2/c1-28-12-13-5-8-16-20(9-13)26(11-14-6-7-15(23)10-18(14)24)19-4-2-3-17(21(16)19)22(25)27/h2-7,9-10H,11-12H2,1H3,(H2,25,27). The molecule has 1 amide bonds. The van der Waals surface area contributed by atoms with Crippen molar-refractivity contribution >= 4 is 43.6 Å². The van der Waals surface area contributed by atoms with E-state index < -0.39 is 5.91 Å². The highest BCUT2D eigenvalue weighted by Gasteiger charge is 2.18. The van der Waals surface area contributed by atoms with Gasteiger partial charge in [-0.2, -0.15) is 0 Å². The van der Waals surface area contributed by atoms with Gasteiger partial charge in [-0.25, -0.2) is 4.39 Å². The lowest BCUT2D eigenvalue weighted by Gasteiger charge is -2.10. The fourth-order valence-electron chi connectivity index (χ4n) is 3.54. The number of nitrogens with zero attached hydrogens (tertiary/aromatic N) is 1. The molecule has 0 fully saturated rings. The van der Waals surface area contributed by atoms with Gasteiger partial charge in [0, 0.05) is 33.5 Å². The summed E-state index contributed by atoms with van der Waals surface area (Å²) in [5, 5.41) is 1.51. The van der Waals surface area contributed by atoms with Crippen LogP contribution < -0.4 is 5.73 Å². The summed E-state index contributed by atoms with van der Waals surface area (Å²) in [6.45, 7) is 0.745. The average Bonchev–Trinajstić information content (AvgIpc) is 2.97. The van der Waals surface area contributed by atoms with E-state index in [4.69, 9.17) is 10.5 Å². The van der Waals surface area contributed by atoms with E-state index >= 15 is 0 Å². The van der Waals surface area contributed by atoms with Gasteiger partial charge in [0.1, 0.15) is 5.82 Å². The van der Waals surface area contributed by atoms with Crippen LogP contribution in [0.2, 0.25) is 0 Å². The maximum Gasteiger partial charge on any atom is 0.249 e. The van der Waals surface area contributed by atoms with Gasteiger partial charge in [-0.15, -0.1) is 0 Å². The second-order valence-electron chi connectivity index (χ2n) is 6.59. The third kappa shape index (κ3) is 3.19. The smallest absolute Gasteiger partial charge is 0.249 e. The molecule has 4 aromatic rings. The van der Waals surface area contributed by atoms with E-state index in [1.807, 2.05) is 28.8 Å². The highest BCUT2D eigenvalue weighted by Crippen LogP contribution is 2.33. The Labute approximate surface area is 169 Å². The average molecular weight is 440 g/mol. The molecule has 4 rings (SSSR count). The summed E-state index contributed by atoms with van der Waals surface area (Å²) in [4.78, 5) is 12.0. The predicted octanol–water partition coefficient (Wildman–Crippen LogP) is 4.79. The van der Waals surface area contributed by atoms with E-state index in [0.29, 0.717) is 28.8 Å². The SMILES string of the molecule is COCc1c[c]c2c3c(C(N)=O)cccc3n(Cc3ccc(Br)cc3F)c2c1. The molecule has 0 aliphatic rings. The summed E-state index contributed by atoms with van der Waals surface area (Å²) in [5.41, 5.74) is 9.17. The number of methoxy groups -OCH3 is 1. The highest BCUT2D eigenvalue weighted by molar-refractivity contribution is 9.10. The summed E-state index contributed by atoms with van der Waals surface area (Å²) in [7, 11) is 1.63. The van der Waals surface area contributed by atoms with Crippen LogP contribution in [0, 0.1) is 11.9 Å². The number of hydrogen-bond donors (Lipinski definition) is 1. The molecule has 6 heteroatoms. The van der Waals surface area contributed by atoms with Crippen LogP contribution in [0.4, 0.5) is 4.39 Å². The van der Waals surface area contributed by atoms with Crippen LogP contribution in [0.5, 0.6) is 0 Å². The summed E-state index contributed by atoms with van der Waals surface area (Å²) in [6, 6.07) is 17.5. The second kappa shape index (κ2) is 7.37. The monoisotopic (exact) mass is 439 g/mol. The summed E-state index contributed by atoms with van der Waals surface area (Å²) in [6.07, 6.45) is 0. The van der Waals surface area contributed by atoms with Crippen molar-refractivity contribution in [3.8, 4) is 0 Å². The molecule has 0 spiro atoms. The van der Waals surface area contributed by atoms with Crippen molar-refractivity contribution in [3.63, 3.8) is 0 Å². The number of fused-ring (bicyclic) bond motifs is 3. The molecule has 0 saturated heterocycles. The third-order valence-electron chi connectivity index (χ3n) is 4.77. The number of halogens is 2. The number of rotatable bonds is 5. The number of nitrogens with two attached hydrogens (primary N) is 1. The van der Waals surface area contributed by atoms with Gasteiger partial charge in [0.25, 0.3) is 0 Å². The molecule has 0 aliphatic carbocycles. The van der Waals surface area contributed by atoms with Gasteiger partial charge >= 0.3 is 0 Å². The molecule has 0 aliphatic heterocycles. The summed E-state index contributed by atoms with van der Waals surface area (Å²) >= 11 is 3.29. The fraction of sp³-hybridized carbons (Fsp3) is 0.136. The molecule has 3 aromatic carbocycles. The Balaban J connectivity index is 2.02. The molecule has 141 valence electrons. The number of amides is 1. The van der Waals surface area contributed by atoms with Crippen molar-refractivity contribution in [2.24, 2.45) is 5.73 Å². The van der Waals surface area contributed by atoms with Gasteiger partial charge in [0.2, 0.25) is 5.91 Å². The fourth-order valence-corrected chi connectivity index (χ4v) is 3.88. The van der Waals surface area contributed by atoms with E-state index in [9.17, 15) is 9.18 Å². The quantitative estimate of drug-likeness (QED) is 0.485. The molecule has 2 N–H and O–H groups in total. The van der Waals surface area contributed by atoms with Gasteiger partial charge in [0.15, 0.2) is 0 Å². The molecule has 1 radical (unpaired) electrons. The van der Waals surface area contributed by atoms with Gasteiger partial charge < -0.3 is 15.0 Å². The summed E-state index contributed by atoms with van der Waals surface area (Å²) < 4.78 is 22.4. The van der Waals surface area contributed by atoms with Crippen LogP contribution in [-0.2, 0) is 17.9 Å². The Morgan fingerprint density at radius 3 is 2.79 bits per heavy atom. The van der Waals surface area contributed by atoms with Gasteiger partial charge in [-0.05, 0) is 48.0 Å². The normalized spacial score (nSPS) is 11.4. The zero-order valence-corrected chi connectivity index (χ0v) is 16.7. The van der Waals surface area contributed by atoms with Crippen molar-refractivity contribution < 1.29 is 13.9 Å². The summed E-state index contributed by atoms with van der Waals surface area (Å²) in [5.74, 6) is -0.804. The Hall–Kier alpha value is -2.70. The maximum absolute atomic E-state index is 14.5. The topological polar surface area (TPSA) is 57.2 Å². The zero-order chi connectivity index (χ0) is 19.8. The highest BCUT2D eigenvalue weighted by atomic mass is 79.9. The van der Waals surface area contributed by atoms with Gasteiger partial charge in [-0.3, -0.25) is 4.79 Å². The van der Waals surface area contributed by atoms with Crippen LogP contribution in [0.15, 0.2) is 53.0 Å². The number of carbonyl (C=O) groups excluding carboxylic acids is 1. The van der Waals surface area contributed by atoms with E-state index in [1.165, 1.54) is 6.07 Å². The van der Waals surface area contributed by atoms with Gasteiger partial charge in [-0.1, -0.05) is 28.1 Å². The Kier molecular flexibility index (Phi) is 4.91. The molecule has 0 unspecified atom stereocenters. The van der Waals surface area contributed by atoms with E-state index in [0.717, 1.165) is 27.4 Å². The van der Waals surface area contributed by atoms with Crippen LogP contribution in [0.1, 0.15) is 21.5 Å². The van der Waals surface area contributed by atoms with Gasteiger partial charge in [0.05, 0.1) is 24.2 Å². The van der Waals surface area contributed by atoms with E-state index in [2.05, 4.69) is 22.0 Å². The molecule has 1 aromatic heterocycles. The van der Waals surface area contributed by atoms with Crippen molar-refractivity contribution in [1.82, 2.24) is 4.57 Å². The first kappa shape index (κ1) is 18.7. The molecule has 0 bridgehead atoms. The molecule has 28 heavy (non-hydrogen) atoms. The minimum absolute atomic E-state index is 0.299. The molecule has 1 heterocycles. The molecule has 0 atom stereocenters. The van der Waals surface area contributed by atoms with Crippen molar-refractivity contribution in [2.45, 2.75) is 13.2 Å². The van der Waals surface area contributed by atoms with Crippen LogP contribution in [-0.4, -0.2) is 17.6 Å². The third-order valence-corrected chi connectivity index (χ3v) is 5.27. The first-order valence-electron chi connectivity index (χ1n) is 8.67. The number of aromatic nitrogens is 1. The first-order chi connectivity index (χ1) is 13.5. The lowest BCUT2D eigenvalue weighted by Crippen LogP contribution is -2.11. The zero-order valence-electron chi connectivity index (χ0n) is 15.1. The molecule has 0 saturated carbocycles. The number of ether oxygens (including phenoxy) is 1. The van der Waals surface area contributed by atoms with Crippen LogP contribution >= 0.6 is 15.9 Å². The molecule has 4 nitrogen and oxygen atoms in total. The van der Waals surface area contributed by atoms with Crippen molar-refractivity contribution in [1.29, 1.82) is 0 Å². The predicted molar refractivity (Wildman–Crippen MR) is 111 cm³/mol. The minimum Gasteiger partial charge on any atom is -0.380 e. The number of carbonyl (C=O) groups is 1. The van der Waals surface area contributed by atoms with Crippen molar-refractivity contribution in [3.05, 3.63) is 81.6 Å². The minimum atomic E-state index is -0.506. The number of primary amides is 1. The van der Waals surface area contributed by atoms with E-state index in [-0.39, 0.29) is 5.82 Å². The maximum atomic E-state index is 14.5. The van der Waals surface area contributed by atoms with E-state index in [1.54, 1.807) is 25.3 Å². The number of hydrogen-bond acceptors (Lipinski definition) is 2. The second-order valence-corrected chi connectivity index (χ2v) is 7.50. The first-order valence-corrected chi connectivity index (χ1v) is 9.47. The Morgan fingerprint density at radius 1 is 1.25 bits per heavy atom.